The first kappa shape index (κ1) is 36.3. The maximum absolute atomic E-state index is 13.7. The molecule has 12 nitrogen and oxygen atoms in total. The van der Waals surface area contributed by atoms with Crippen LogP contribution >= 0.6 is 0 Å². The van der Waals surface area contributed by atoms with E-state index in [0.717, 1.165) is 5.56 Å². The number of methoxy groups -OCH3 is 1. The molecule has 1 aliphatic heterocycles. The van der Waals surface area contributed by atoms with Crippen molar-refractivity contribution in [1.82, 2.24) is 21.3 Å². The highest BCUT2D eigenvalue weighted by Crippen LogP contribution is 2.18. The molecule has 0 bridgehead atoms. The van der Waals surface area contributed by atoms with Crippen molar-refractivity contribution in [2.24, 2.45) is 11.8 Å². The molecule has 0 radical (unpaired) electrons. The molecule has 0 spiro atoms. The quantitative estimate of drug-likeness (QED) is 0.173. The minimum Gasteiger partial charge on any atom is -0.466 e. The first-order valence-electron chi connectivity index (χ1n) is 15.0. The van der Waals surface area contributed by atoms with Crippen LogP contribution in [0.15, 0.2) is 42.5 Å². The molecule has 244 valence electrons. The molecular weight excluding hydrogens is 568 g/mol. The van der Waals surface area contributed by atoms with Crippen LogP contribution in [0.3, 0.4) is 0 Å². The highest BCUT2D eigenvalue weighted by molar-refractivity contribution is 5.92. The Morgan fingerprint density at radius 2 is 1.70 bits per heavy atom. The van der Waals surface area contributed by atoms with E-state index < -0.39 is 53.7 Å². The summed E-state index contributed by atoms with van der Waals surface area (Å²) in [6.07, 6.45) is 2.24. The molecule has 0 aromatic heterocycles. The maximum atomic E-state index is 13.7. The van der Waals surface area contributed by atoms with Gasteiger partial charge in [0.05, 0.1) is 18.8 Å². The minimum absolute atomic E-state index is 0.00734. The van der Waals surface area contributed by atoms with Gasteiger partial charge < -0.3 is 35.5 Å². The van der Waals surface area contributed by atoms with Gasteiger partial charge in [0.1, 0.15) is 18.7 Å². The van der Waals surface area contributed by atoms with E-state index in [1.807, 2.05) is 65.0 Å². The van der Waals surface area contributed by atoms with E-state index in [1.165, 1.54) is 19.3 Å². The third-order valence-electron chi connectivity index (χ3n) is 6.81. The molecular formula is C32H48N4O8. The predicted octanol–water partition coefficient (Wildman–Crippen LogP) is 2.76. The van der Waals surface area contributed by atoms with Crippen molar-refractivity contribution in [3.05, 3.63) is 48.0 Å². The number of rotatable bonds is 15. The summed E-state index contributed by atoms with van der Waals surface area (Å²) in [6, 6.07) is 6.27. The van der Waals surface area contributed by atoms with Gasteiger partial charge in [0, 0.05) is 24.6 Å². The number of hydrogen-bond donors (Lipinski definition) is 4. The Hall–Kier alpha value is -3.93. The van der Waals surface area contributed by atoms with Crippen LogP contribution in [-0.2, 0) is 40.0 Å². The normalized spacial score (nSPS) is 17.7. The van der Waals surface area contributed by atoms with Crippen molar-refractivity contribution < 1.29 is 38.2 Å². The average molecular weight is 617 g/mol. The molecule has 2 rings (SSSR count). The number of carbonyl (C=O) groups excluding carboxylic acids is 5. The van der Waals surface area contributed by atoms with Crippen LogP contribution in [0.5, 0.6) is 0 Å². The average Bonchev–Trinajstić information content (AvgIpc) is 3.35. The van der Waals surface area contributed by atoms with Crippen molar-refractivity contribution in [3.8, 4) is 0 Å². The molecule has 0 aliphatic carbocycles. The second-order valence-electron chi connectivity index (χ2n) is 12.3. The van der Waals surface area contributed by atoms with E-state index in [4.69, 9.17) is 9.47 Å². The number of hydrogen-bond acceptors (Lipinski definition) is 8. The summed E-state index contributed by atoms with van der Waals surface area (Å²) in [5.41, 5.74) is 0.149. The van der Waals surface area contributed by atoms with E-state index in [2.05, 4.69) is 26.0 Å². The zero-order valence-electron chi connectivity index (χ0n) is 26.8. The van der Waals surface area contributed by atoms with Crippen LogP contribution in [0.25, 0.3) is 0 Å². The Kier molecular flexibility index (Phi) is 14.3. The van der Waals surface area contributed by atoms with Gasteiger partial charge in [0.15, 0.2) is 0 Å². The van der Waals surface area contributed by atoms with Crippen molar-refractivity contribution in [1.29, 1.82) is 0 Å². The molecule has 4 amide bonds. The van der Waals surface area contributed by atoms with Crippen molar-refractivity contribution in [2.75, 3.05) is 13.7 Å². The van der Waals surface area contributed by atoms with Crippen molar-refractivity contribution in [2.45, 2.75) is 97.2 Å². The summed E-state index contributed by atoms with van der Waals surface area (Å²) >= 11 is 0. The lowest BCUT2D eigenvalue weighted by atomic mass is 9.96. The summed E-state index contributed by atoms with van der Waals surface area (Å²) in [4.78, 5) is 64.0. The number of carbonyl (C=O) groups is 5. The van der Waals surface area contributed by atoms with Gasteiger partial charge >= 0.3 is 12.1 Å². The molecule has 0 saturated carbocycles. The Bertz CT molecular complexity index is 1150. The van der Waals surface area contributed by atoms with Gasteiger partial charge in [-0.25, -0.2) is 9.59 Å². The fraction of sp³-hybridized carbons (Fsp3) is 0.594. The number of benzene rings is 1. The Balaban J connectivity index is 2.22. The van der Waals surface area contributed by atoms with Gasteiger partial charge in [-0.2, -0.15) is 0 Å². The predicted molar refractivity (Wildman–Crippen MR) is 164 cm³/mol. The van der Waals surface area contributed by atoms with E-state index in [1.54, 1.807) is 6.92 Å². The summed E-state index contributed by atoms with van der Waals surface area (Å²) in [7, 11) is 1.24. The SMILES string of the molecule is COC(=O)/C=C/[C@H](CC1CCNC1=O)NC(=O)[C@H](CC(C)C)NC(=O)[C@@H](NC(=O)OCc1ccccc1)C(C)OC(C)(C)C. The van der Waals surface area contributed by atoms with Crippen LogP contribution < -0.4 is 21.3 Å². The lowest BCUT2D eigenvalue weighted by Gasteiger charge is -2.32. The summed E-state index contributed by atoms with van der Waals surface area (Å²) in [6.45, 7) is 11.5. The molecule has 5 atom stereocenters. The van der Waals surface area contributed by atoms with Crippen LogP contribution in [0.2, 0.25) is 0 Å². The largest absolute Gasteiger partial charge is 0.466 e. The monoisotopic (exact) mass is 616 g/mol. The van der Waals surface area contributed by atoms with Crippen LogP contribution in [0.4, 0.5) is 4.79 Å². The molecule has 4 N–H and O–H groups in total. The molecule has 1 saturated heterocycles. The standard InChI is InChI=1S/C32H48N4O8/c1-20(2)17-25(29(39)34-24(13-14-26(37)42-7)18-23-15-16-33-28(23)38)35-30(40)27(21(3)44-32(4,5)6)36-31(41)43-19-22-11-9-8-10-12-22/h8-14,20-21,23-25,27H,15-19H2,1-7H3,(H,33,38)(H,34,39)(H,35,40)(H,36,41)/b14-13+/t21?,23?,24-,25+,27+/m1/s1. The van der Waals surface area contributed by atoms with E-state index >= 15 is 0 Å². The molecule has 1 aromatic carbocycles. The zero-order valence-corrected chi connectivity index (χ0v) is 26.8. The number of esters is 1. The molecule has 1 fully saturated rings. The maximum Gasteiger partial charge on any atom is 0.408 e. The lowest BCUT2D eigenvalue weighted by Crippen LogP contribution is -2.59. The van der Waals surface area contributed by atoms with Crippen LogP contribution in [0.1, 0.15) is 66.4 Å². The number of ether oxygens (including phenoxy) is 3. The van der Waals surface area contributed by atoms with Gasteiger partial charge in [-0.3, -0.25) is 14.4 Å². The number of amides is 4. The zero-order chi connectivity index (χ0) is 32.9. The van der Waals surface area contributed by atoms with Gasteiger partial charge in [-0.15, -0.1) is 0 Å². The number of alkyl carbamates (subject to hydrolysis) is 1. The van der Waals surface area contributed by atoms with Gasteiger partial charge in [0.2, 0.25) is 17.7 Å². The third-order valence-corrected chi connectivity index (χ3v) is 6.81. The second kappa shape index (κ2) is 17.4. The highest BCUT2D eigenvalue weighted by atomic mass is 16.6. The smallest absolute Gasteiger partial charge is 0.408 e. The third kappa shape index (κ3) is 13.2. The van der Waals surface area contributed by atoms with Gasteiger partial charge in [-0.05, 0) is 58.4 Å². The molecule has 2 unspecified atom stereocenters. The molecule has 1 heterocycles. The van der Waals surface area contributed by atoms with Gasteiger partial charge in [-0.1, -0.05) is 50.3 Å². The Morgan fingerprint density at radius 3 is 2.27 bits per heavy atom. The van der Waals surface area contributed by atoms with E-state index in [-0.39, 0.29) is 37.2 Å². The van der Waals surface area contributed by atoms with Crippen molar-refractivity contribution in [3.63, 3.8) is 0 Å². The minimum atomic E-state index is -1.18. The summed E-state index contributed by atoms with van der Waals surface area (Å²) in [5.74, 6) is -2.18. The highest BCUT2D eigenvalue weighted by Gasteiger charge is 2.35. The first-order valence-corrected chi connectivity index (χ1v) is 15.0. The molecule has 12 heteroatoms. The molecule has 1 aliphatic rings. The fourth-order valence-corrected chi connectivity index (χ4v) is 4.79. The Labute approximate surface area is 260 Å². The topological polar surface area (TPSA) is 161 Å². The molecule has 44 heavy (non-hydrogen) atoms. The van der Waals surface area contributed by atoms with Crippen LogP contribution in [0, 0.1) is 11.8 Å². The molecule has 1 aromatic rings. The summed E-state index contributed by atoms with van der Waals surface area (Å²) in [5, 5.41) is 11.0. The van der Waals surface area contributed by atoms with Crippen LogP contribution in [-0.4, -0.2) is 73.3 Å². The van der Waals surface area contributed by atoms with E-state index in [9.17, 15) is 24.0 Å². The second-order valence-corrected chi connectivity index (χ2v) is 12.3. The lowest BCUT2D eigenvalue weighted by molar-refractivity contribution is -0.135. The Morgan fingerprint density at radius 1 is 1.02 bits per heavy atom. The van der Waals surface area contributed by atoms with Crippen molar-refractivity contribution >= 4 is 29.8 Å². The van der Waals surface area contributed by atoms with E-state index in [0.29, 0.717) is 13.0 Å². The number of nitrogens with one attached hydrogen (secondary N) is 4. The first-order chi connectivity index (χ1) is 20.7. The van der Waals surface area contributed by atoms with Gasteiger partial charge in [0.25, 0.3) is 0 Å². The fourth-order valence-electron chi connectivity index (χ4n) is 4.79. The summed E-state index contributed by atoms with van der Waals surface area (Å²) < 4.78 is 16.0.